The van der Waals surface area contributed by atoms with Gasteiger partial charge in [-0.25, -0.2) is 10.8 Å². The molecule has 1 aromatic rings. The number of aromatic nitrogens is 1. The number of anilines is 2. The predicted molar refractivity (Wildman–Crippen MR) is 70.8 cm³/mol. The number of nitrogens with two attached hydrogens (primary N) is 1. The molecule has 1 aliphatic heterocycles. The average Bonchev–Trinajstić information content (AvgIpc) is 2.84. The molecule has 0 aromatic carbocycles. The topological polar surface area (TPSA) is 66.2 Å². The summed E-state index contributed by atoms with van der Waals surface area (Å²) in [5.74, 6) is 6.90. The second kappa shape index (κ2) is 5.84. The Kier molecular flexibility index (Phi) is 4.17. The molecule has 1 atom stereocenters. The lowest BCUT2D eigenvalue weighted by Crippen LogP contribution is -2.34. The van der Waals surface area contributed by atoms with E-state index in [0.717, 1.165) is 18.9 Å². The third kappa shape index (κ3) is 3.08. The lowest BCUT2D eigenvalue weighted by Gasteiger charge is -2.23. The van der Waals surface area contributed by atoms with Crippen molar-refractivity contribution < 1.29 is 0 Å². The highest BCUT2D eigenvalue weighted by Crippen LogP contribution is 2.17. The fraction of sp³-hybridized carbons (Fsp3) is 0.583. The standard InChI is InChI=1S/C12H21N5/c1-2-17-8-4-5-10(17)9-14-11-6-3-7-12(15-11)16-13/h3,6-7,10H,2,4-5,8-9,13H2,1H3,(H2,14,15,16). The van der Waals surface area contributed by atoms with E-state index in [2.05, 4.69) is 27.6 Å². The van der Waals surface area contributed by atoms with Crippen molar-refractivity contribution >= 4 is 11.6 Å². The smallest absolute Gasteiger partial charge is 0.142 e. The van der Waals surface area contributed by atoms with Gasteiger partial charge in [0, 0.05) is 12.6 Å². The predicted octanol–water partition coefficient (Wildman–Crippen LogP) is 1.26. The first-order valence-corrected chi connectivity index (χ1v) is 6.25. The Morgan fingerprint density at radius 3 is 3.06 bits per heavy atom. The van der Waals surface area contributed by atoms with Gasteiger partial charge in [0.2, 0.25) is 0 Å². The third-order valence-electron chi connectivity index (χ3n) is 3.32. The molecule has 0 radical (unpaired) electrons. The molecule has 0 amide bonds. The molecule has 1 unspecified atom stereocenters. The highest BCUT2D eigenvalue weighted by atomic mass is 15.3. The Bertz CT molecular complexity index is 355. The van der Waals surface area contributed by atoms with Crippen LogP contribution in [-0.4, -0.2) is 35.6 Å². The molecule has 5 nitrogen and oxygen atoms in total. The maximum atomic E-state index is 5.33. The molecule has 5 heteroatoms. The van der Waals surface area contributed by atoms with Crippen LogP contribution < -0.4 is 16.6 Å². The zero-order valence-electron chi connectivity index (χ0n) is 10.3. The number of pyridine rings is 1. The maximum Gasteiger partial charge on any atom is 0.142 e. The van der Waals surface area contributed by atoms with Crippen LogP contribution in [0.4, 0.5) is 11.6 Å². The van der Waals surface area contributed by atoms with Gasteiger partial charge in [-0.1, -0.05) is 13.0 Å². The van der Waals surface area contributed by atoms with Gasteiger partial charge in [0.1, 0.15) is 11.6 Å². The number of hydrogen-bond acceptors (Lipinski definition) is 5. The molecule has 0 bridgehead atoms. The monoisotopic (exact) mass is 235 g/mol. The number of nitrogens with one attached hydrogen (secondary N) is 2. The van der Waals surface area contributed by atoms with Crippen molar-refractivity contribution in [2.75, 3.05) is 30.4 Å². The number of hydrogen-bond donors (Lipinski definition) is 3. The maximum absolute atomic E-state index is 5.33. The van der Waals surface area contributed by atoms with E-state index in [4.69, 9.17) is 5.84 Å². The zero-order chi connectivity index (χ0) is 12.1. The number of nitrogens with zero attached hydrogens (tertiary/aromatic N) is 2. The molecule has 2 rings (SSSR count). The first-order chi connectivity index (χ1) is 8.33. The molecular formula is C12H21N5. The summed E-state index contributed by atoms with van der Waals surface area (Å²) in [5.41, 5.74) is 2.55. The van der Waals surface area contributed by atoms with Crippen molar-refractivity contribution in [1.82, 2.24) is 9.88 Å². The van der Waals surface area contributed by atoms with Crippen LogP contribution in [0.25, 0.3) is 0 Å². The van der Waals surface area contributed by atoms with Gasteiger partial charge in [-0.2, -0.15) is 0 Å². The van der Waals surface area contributed by atoms with Crippen molar-refractivity contribution in [2.45, 2.75) is 25.8 Å². The van der Waals surface area contributed by atoms with Crippen molar-refractivity contribution in [2.24, 2.45) is 5.84 Å². The first-order valence-electron chi connectivity index (χ1n) is 6.25. The van der Waals surface area contributed by atoms with Crippen molar-refractivity contribution in [3.05, 3.63) is 18.2 Å². The largest absolute Gasteiger partial charge is 0.368 e. The van der Waals surface area contributed by atoms with Gasteiger partial charge < -0.3 is 10.7 Å². The Balaban J connectivity index is 1.88. The van der Waals surface area contributed by atoms with Gasteiger partial charge in [0.15, 0.2) is 0 Å². The van der Waals surface area contributed by atoms with Gasteiger partial charge in [-0.3, -0.25) is 4.90 Å². The molecule has 1 saturated heterocycles. The molecule has 0 spiro atoms. The van der Waals surface area contributed by atoms with E-state index < -0.39 is 0 Å². The van der Waals surface area contributed by atoms with Gasteiger partial charge in [0.25, 0.3) is 0 Å². The molecule has 4 N–H and O–H groups in total. The van der Waals surface area contributed by atoms with Crippen LogP contribution in [0.3, 0.4) is 0 Å². The van der Waals surface area contributed by atoms with E-state index in [1.54, 1.807) is 0 Å². The Hall–Kier alpha value is -1.33. The minimum Gasteiger partial charge on any atom is -0.368 e. The second-order valence-electron chi connectivity index (χ2n) is 4.36. The Labute approximate surface area is 102 Å². The van der Waals surface area contributed by atoms with Crippen LogP contribution in [-0.2, 0) is 0 Å². The van der Waals surface area contributed by atoms with Gasteiger partial charge in [-0.15, -0.1) is 0 Å². The highest BCUT2D eigenvalue weighted by Gasteiger charge is 2.22. The van der Waals surface area contributed by atoms with E-state index in [1.807, 2.05) is 18.2 Å². The average molecular weight is 235 g/mol. The number of hydrazine groups is 1. The highest BCUT2D eigenvalue weighted by molar-refractivity contribution is 5.44. The number of likely N-dealkylation sites (N-methyl/N-ethyl adjacent to an activating group) is 1. The normalized spacial score (nSPS) is 20.5. The molecule has 2 heterocycles. The molecule has 1 aromatic heterocycles. The fourth-order valence-electron chi connectivity index (χ4n) is 2.38. The summed E-state index contributed by atoms with van der Waals surface area (Å²) < 4.78 is 0. The van der Waals surface area contributed by atoms with Crippen LogP contribution in [0.1, 0.15) is 19.8 Å². The van der Waals surface area contributed by atoms with Crippen LogP contribution >= 0.6 is 0 Å². The summed E-state index contributed by atoms with van der Waals surface area (Å²) in [4.78, 5) is 6.85. The first kappa shape index (κ1) is 12.1. The van der Waals surface area contributed by atoms with Crippen LogP contribution in [0.15, 0.2) is 18.2 Å². The van der Waals surface area contributed by atoms with E-state index in [1.165, 1.54) is 19.4 Å². The third-order valence-corrected chi connectivity index (χ3v) is 3.32. The summed E-state index contributed by atoms with van der Waals surface area (Å²) in [6, 6.07) is 6.39. The summed E-state index contributed by atoms with van der Waals surface area (Å²) in [6.45, 7) is 5.52. The van der Waals surface area contributed by atoms with Crippen molar-refractivity contribution in [3.8, 4) is 0 Å². The second-order valence-corrected chi connectivity index (χ2v) is 4.36. The molecule has 1 fully saturated rings. The molecule has 0 saturated carbocycles. The van der Waals surface area contributed by atoms with Crippen molar-refractivity contribution in [1.29, 1.82) is 0 Å². The summed E-state index contributed by atoms with van der Waals surface area (Å²) >= 11 is 0. The number of likely N-dealkylation sites (tertiary alicyclic amines) is 1. The zero-order valence-corrected chi connectivity index (χ0v) is 10.3. The van der Waals surface area contributed by atoms with Crippen LogP contribution in [0.5, 0.6) is 0 Å². The summed E-state index contributed by atoms with van der Waals surface area (Å²) in [5, 5.41) is 3.38. The molecule has 1 aliphatic rings. The minimum absolute atomic E-state index is 0.635. The van der Waals surface area contributed by atoms with E-state index in [0.29, 0.717) is 11.9 Å². The van der Waals surface area contributed by atoms with Crippen LogP contribution in [0.2, 0.25) is 0 Å². The fourth-order valence-corrected chi connectivity index (χ4v) is 2.38. The van der Waals surface area contributed by atoms with Gasteiger partial charge in [0.05, 0.1) is 0 Å². The number of nitrogen functional groups attached to an aromatic ring is 1. The van der Waals surface area contributed by atoms with E-state index >= 15 is 0 Å². The van der Waals surface area contributed by atoms with E-state index in [-0.39, 0.29) is 0 Å². The Morgan fingerprint density at radius 2 is 2.29 bits per heavy atom. The van der Waals surface area contributed by atoms with E-state index in [9.17, 15) is 0 Å². The van der Waals surface area contributed by atoms with Gasteiger partial charge in [-0.05, 0) is 38.1 Å². The van der Waals surface area contributed by atoms with Gasteiger partial charge >= 0.3 is 0 Å². The SMILES string of the molecule is CCN1CCCC1CNc1cccc(NN)n1. The molecule has 94 valence electrons. The minimum atomic E-state index is 0.635. The van der Waals surface area contributed by atoms with Crippen LogP contribution in [0, 0.1) is 0 Å². The molecular weight excluding hydrogens is 214 g/mol. The lowest BCUT2D eigenvalue weighted by molar-refractivity contribution is 0.277. The summed E-state index contributed by atoms with van der Waals surface area (Å²) in [6.07, 6.45) is 2.58. The molecule has 0 aliphatic carbocycles. The quantitative estimate of drug-likeness (QED) is 0.530. The number of rotatable bonds is 5. The lowest BCUT2D eigenvalue weighted by atomic mass is 10.2. The summed E-state index contributed by atoms with van der Waals surface area (Å²) in [7, 11) is 0. The Morgan fingerprint density at radius 1 is 1.47 bits per heavy atom. The van der Waals surface area contributed by atoms with Crippen molar-refractivity contribution in [3.63, 3.8) is 0 Å². The molecule has 17 heavy (non-hydrogen) atoms.